The molecule has 1 fully saturated rings. The lowest BCUT2D eigenvalue weighted by Gasteiger charge is -2.30. The first-order chi connectivity index (χ1) is 6.57. The number of carbonyl (C=O) groups is 1. The molecule has 0 spiro atoms. The predicted octanol–water partition coefficient (Wildman–Crippen LogP) is 0.229. The van der Waals surface area contributed by atoms with Crippen molar-refractivity contribution in [2.75, 3.05) is 19.8 Å². The molecule has 82 valence electrons. The fourth-order valence-corrected chi connectivity index (χ4v) is 1.29. The van der Waals surface area contributed by atoms with E-state index < -0.39 is 11.9 Å². The van der Waals surface area contributed by atoms with Crippen molar-refractivity contribution >= 4 is 6.03 Å². The number of nitrogens with zero attached hydrogens (tertiary/aromatic N) is 2. The fourth-order valence-electron chi connectivity index (χ4n) is 1.29. The van der Waals surface area contributed by atoms with Crippen LogP contribution >= 0.6 is 0 Å². The average molecular weight is 206 g/mol. The molecule has 0 aromatic rings. The normalized spacial score (nSPS) is 20.7. The zero-order valence-electron chi connectivity index (χ0n) is 8.13. The van der Waals surface area contributed by atoms with Crippen molar-refractivity contribution in [3.63, 3.8) is 0 Å². The van der Waals surface area contributed by atoms with Gasteiger partial charge in [0.05, 0.1) is 0 Å². The maximum atomic E-state index is 11.1. The Labute approximate surface area is 81.3 Å². The molecule has 7 heteroatoms. The number of hydrogen-bond donors (Lipinski definition) is 2. The molecule has 0 aliphatic carbocycles. The van der Waals surface area contributed by atoms with Gasteiger partial charge in [-0.25, -0.2) is 4.79 Å². The van der Waals surface area contributed by atoms with Gasteiger partial charge >= 0.3 is 6.03 Å². The number of hydrogen-bond acceptors (Lipinski definition) is 5. The van der Waals surface area contributed by atoms with Gasteiger partial charge in [0.1, 0.15) is 6.54 Å². The van der Waals surface area contributed by atoms with Gasteiger partial charge < -0.3 is 9.47 Å². The van der Waals surface area contributed by atoms with Crippen molar-refractivity contribution in [1.29, 1.82) is 0 Å². The molecule has 0 unspecified atom stereocenters. The van der Waals surface area contributed by atoms with E-state index in [1.165, 1.54) is 0 Å². The first-order valence-electron chi connectivity index (χ1n) is 4.34. The Kier molecular flexibility index (Phi) is 3.27. The number of ether oxygens (including phenoxy) is 2. The minimum absolute atomic E-state index is 0.246. The Morgan fingerprint density at radius 3 is 2.14 bits per heavy atom. The van der Waals surface area contributed by atoms with Gasteiger partial charge in [-0.1, -0.05) is 0 Å². The molecule has 0 aromatic carbocycles. The molecule has 1 rings (SSSR count). The van der Waals surface area contributed by atoms with E-state index in [0.29, 0.717) is 5.06 Å². The quantitative estimate of drug-likeness (QED) is 0.508. The highest BCUT2D eigenvalue weighted by Gasteiger charge is 2.52. The third-order valence-electron chi connectivity index (χ3n) is 1.81. The van der Waals surface area contributed by atoms with Gasteiger partial charge in [0.2, 0.25) is 0 Å². The summed E-state index contributed by atoms with van der Waals surface area (Å²) in [7, 11) is 0. The topological polar surface area (TPSA) is 82.5 Å². The summed E-state index contributed by atoms with van der Waals surface area (Å²) >= 11 is 0. The highest BCUT2D eigenvalue weighted by molar-refractivity contribution is 5.74. The van der Waals surface area contributed by atoms with Crippen LogP contribution in [-0.2, 0) is 9.47 Å². The van der Waals surface area contributed by atoms with E-state index in [4.69, 9.17) is 14.7 Å². The van der Waals surface area contributed by atoms with Gasteiger partial charge in [-0.05, 0) is 13.8 Å². The van der Waals surface area contributed by atoms with Crippen LogP contribution in [0.2, 0.25) is 0 Å². The number of urea groups is 1. The average Bonchev–Trinajstić information content (AvgIpc) is 2.33. The zero-order chi connectivity index (χ0) is 10.8. The molecule has 1 aliphatic rings. The van der Waals surface area contributed by atoms with E-state index in [0.717, 1.165) is 0 Å². The molecule has 0 radical (unpaired) electrons. The third kappa shape index (κ3) is 1.67. The molecule has 14 heavy (non-hydrogen) atoms. The molecule has 1 saturated heterocycles. The van der Waals surface area contributed by atoms with E-state index >= 15 is 0 Å². The third-order valence-corrected chi connectivity index (χ3v) is 1.81. The Morgan fingerprint density at radius 2 is 1.86 bits per heavy atom. The van der Waals surface area contributed by atoms with Crippen molar-refractivity contribution in [1.82, 2.24) is 10.1 Å². The minimum Gasteiger partial charge on any atom is -0.330 e. The van der Waals surface area contributed by atoms with Gasteiger partial charge in [0.25, 0.3) is 5.91 Å². The van der Waals surface area contributed by atoms with Gasteiger partial charge in [0, 0.05) is 13.2 Å². The second-order valence-corrected chi connectivity index (χ2v) is 2.73. The summed E-state index contributed by atoms with van der Waals surface area (Å²) in [5.41, 5.74) is 0. The van der Waals surface area contributed by atoms with Gasteiger partial charge in [0.15, 0.2) is 0 Å². The lowest BCUT2D eigenvalue weighted by molar-refractivity contribution is -0.353. The van der Waals surface area contributed by atoms with Crippen molar-refractivity contribution in [3.05, 3.63) is 0 Å². The van der Waals surface area contributed by atoms with Crippen LogP contribution in [0.5, 0.6) is 0 Å². The highest BCUT2D eigenvalue weighted by atomic mass is 16.8. The van der Waals surface area contributed by atoms with E-state index in [1.54, 1.807) is 13.8 Å². The zero-order valence-corrected chi connectivity index (χ0v) is 8.13. The molecule has 2 N–H and O–H groups in total. The molecular formula is C7H14N2O5. The molecule has 0 bridgehead atoms. The molecule has 1 heterocycles. The smallest absolute Gasteiger partial charge is 0.330 e. The monoisotopic (exact) mass is 206 g/mol. The van der Waals surface area contributed by atoms with E-state index in [2.05, 4.69) is 0 Å². The number of carbonyl (C=O) groups excluding carboxylic acids is 1. The van der Waals surface area contributed by atoms with Crippen molar-refractivity contribution < 1.29 is 24.7 Å². The van der Waals surface area contributed by atoms with Gasteiger partial charge in [-0.3, -0.25) is 10.4 Å². The van der Waals surface area contributed by atoms with Crippen LogP contribution in [0.4, 0.5) is 4.79 Å². The Hall–Kier alpha value is -0.890. The summed E-state index contributed by atoms with van der Waals surface area (Å²) in [6.45, 7) is 3.64. The van der Waals surface area contributed by atoms with Crippen LogP contribution in [0.3, 0.4) is 0 Å². The van der Waals surface area contributed by atoms with Crippen LogP contribution in [0.1, 0.15) is 13.8 Å². The maximum absolute atomic E-state index is 11.1. The Morgan fingerprint density at radius 1 is 1.36 bits per heavy atom. The van der Waals surface area contributed by atoms with Crippen LogP contribution in [0, 0.1) is 0 Å². The van der Waals surface area contributed by atoms with Crippen molar-refractivity contribution in [2.24, 2.45) is 0 Å². The van der Waals surface area contributed by atoms with Crippen LogP contribution in [-0.4, -0.2) is 52.2 Å². The Bertz CT molecular complexity index is 216. The second-order valence-electron chi connectivity index (χ2n) is 2.73. The summed E-state index contributed by atoms with van der Waals surface area (Å²) < 4.78 is 10.2. The molecule has 0 saturated carbocycles. The predicted molar refractivity (Wildman–Crippen MR) is 43.5 cm³/mol. The molecule has 7 nitrogen and oxygen atoms in total. The SMILES string of the molecule is CCOC1(OCC)CN(O)C(=O)N1O. The summed E-state index contributed by atoms with van der Waals surface area (Å²) in [5.74, 6) is -1.59. The fraction of sp³-hybridized carbons (Fsp3) is 0.857. The van der Waals surface area contributed by atoms with Crippen molar-refractivity contribution in [2.45, 2.75) is 19.8 Å². The van der Waals surface area contributed by atoms with E-state index in [1.807, 2.05) is 0 Å². The number of rotatable bonds is 4. The van der Waals surface area contributed by atoms with Gasteiger partial charge in [-0.2, -0.15) is 5.06 Å². The molecule has 2 amide bonds. The summed E-state index contributed by atoms with van der Waals surface area (Å²) in [5, 5.41) is 19.0. The van der Waals surface area contributed by atoms with Crippen LogP contribution in [0.15, 0.2) is 0 Å². The van der Waals surface area contributed by atoms with Crippen LogP contribution < -0.4 is 0 Å². The highest BCUT2D eigenvalue weighted by Crippen LogP contribution is 2.26. The Balaban J connectivity index is 2.82. The number of amides is 2. The largest absolute Gasteiger partial charge is 0.372 e. The van der Waals surface area contributed by atoms with Crippen LogP contribution in [0.25, 0.3) is 0 Å². The second kappa shape index (κ2) is 4.09. The van der Waals surface area contributed by atoms with Gasteiger partial charge in [-0.15, -0.1) is 5.06 Å². The minimum atomic E-state index is -1.59. The van der Waals surface area contributed by atoms with E-state index in [9.17, 15) is 10.0 Å². The molecular weight excluding hydrogens is 192 g/mol. The number of hydroxylamine groups is 4. The standard InChI is InChI=1S/C7H14N2O5/c1-3-13-7(14-4-2)5-8(11)6(10)9(7)12/h11-12H,3-5H2,1-2H3. The molecule has 1 aliphatic heterocycles. The maximum Gasteiger partial charge on any atom is 0.372 e. The first kappa shape index (κ1) is 11.2. The molecule has 0 aromatic heterocycles. The summed E-state index contributed by atoms with van der Waals surface area (Å²) in [6, 6.07) is -0.966. The van der Waals surface area contributed by atoms with Crippen molar-refractivity contribution in [3.8, 4) is 0 Å². The molecule has 0 atom stereocenters. The van der Waals surface area contributed by atoms with E-state index in [-0.39, 0.29) is 24.8 Å². The summed E-state index contributed by atoms with van der Waals surface area (Å²) in [4.78, 5) is 11.1. The lowest BCUT2D eigenvalue weighted by Crippen LogP contribution is -2.50. The summed E-state index contributed by atoms with van der Waals surface area (Å²) in [6.07, 6.45) is 0. The lowest BCUT2D eigenvalue weighted by atomic mass is 10.5. The first-order valence-corrected chi connectivity index (χ1v) is 4.34.